The molecule has 0 bridgehead atoms. The predicted molar refractivity (Wildman–Crippen MR) is 58.7 cm³/mol. The van der Waals surface area contributed by atoms with E-state index in [4.69, 9.17) is 21.5 Å². The Bertz CT molecular complexity index is 292. The summed E-state index contributed by atoms with van der Waals surface area (Å²) in [6, 6.07) is 0. The van der Waals surface area contributed by atoms with Crippen LogP contribution in [-0.2, 0) is 14.4 Å². The Morgan fingerprint density at radius 2 is 1.88 bits per heavy atom. The molecule has 1 aliphatic carbocycles. The van der Waals surface area contributed by atoms with Crippen LogP contribution in [0.1, 0.15) is 32.6 Å². The lowest BCUT2D eigenvalue weighted by Crippen LogP contribution is -2.25. The molecule has 1 N–H and O–H groups in total. The molecule has 0 atom stereocenters. The predicted octanol–water partition coefficient (Wildman–Crippen LogP) is 1.58. The van der Waals surface area contributed by atoms with Gasteiger partial charge in [-0.2, -0.15) is 0 Å². The number of hydrogen-bond donors (Lipinski definition) is 1. The number of ketones is 1. The zero-order chi connectivity index (χ0) is 12.1. The van der Waals surface area contributed by atoms with Gasteiger partial charge in [-0.1, -0.05) is 5.16 Å². The van der Waals surface area contributed by atoms with E-state index in [0.29, 0.717) is 0 Å². The molecule has 0 heterocycles. The molecule has 0 amide bonds. The number of rotatable bonds is 4. The van der Waals surface area contributed by atoms with E-state index in [0.717, 1.165) is 32.6 Å². The van der Waals surface area contributed by atoms with Crippen molar-refractivity contribution in [2.45, 2.75) is 44.1 Å². The van der Waals surface area contributed by atoms with Crippen molar-refractivity contribution in [1.29, 1.82) is 0 Å². The average molecular weight is 248 g/mol. The lowest BCUT2D eigenvalue weighted by atomic mass is 9.97. The van der Waals surface area contributed by atoms with Gasteiger partial charge in [0.2, 0.25) is 5.71 Å². The topological polar surface area (TPSA) is 76.0 Å². The second-order valence-corrected chi connectivity index (χ2v) is 4.40. The molecule has 0 unspecified atom stereocenters. The molecule has 90 valence electrons. The van der Waals surface area contributed by atoms with Crippen LogP contribution in [0.15, 0.2) is 5.16 Å². The number of nitrogens with zero attached hydrogens (tertiary/aromatic N) is 1. The standard InChI is InChI=1S/C10H14ClNO4/c1-6(13)9(10(14)15)12-16-8-4-2-7(11)3-5-8/h7-8H,2-5H2,1H3,(H,14,15). The first-order chi connectivity index (χ1) is 7.50. The van der Waals surface area contributed by atoms with E-state index in [1.165, 1.54) is 0 Å². The number of carboxylic acid groups (broad SMARTS) is 1. The van der Waals surface area contributed by atoms with Crippen molar-refractivity contribution in [2.75, 3.05) is 0 Å². The summed E-state index contributed by atoms with van der Waals surface area (Å²) in [6.45, 7) is 1.14. The van der Waals surface area contributed by atoms with Crippen molar-refractivity contribution < 1.29 is 19.5 Å². The maximum absolute atomic E-state index is 10.9. The van der Waals surface area contributed by atoms with Crippen LogP contribution < -0.4 is 0 Å². The van der Waals surface area contributed by atoms with E-state index >= 15 is 0 Å². The molecule has 1 rings (SSSR count). The smallest absolute Gasteiger partial charge is 0.361 e. The first-order valence-corrected chi connectivity index (χ1v) is 5.56. The summed E-state index contributed by atoms with van der Waals surface area (Å²) >= 11 is 5.91. The van der Waals surface area contributed by atoms with Gasteiger partial charge in [0.15, 0.2) is 5.78 Å². The molecule has 1 fully saturated rings. The number of aliphatic carboxylic acids is 1. The first-order valence-electron chi connectivity index (χ1n) is 5.12. The number of carbonyl (C=O) groups is 2. The van der Waals surface area contributed by atoms with Crippen molar-refractivity contribution >= 4 is 29.1 Å². The zero-order valence-corrected chi connectivity index (χ0v) is 9.74. The normalized spacial score (nSPS) is 26.2. The van der Waals surface area contributed by atoms with E-state index < -0.39 is 17.5 Å². The lowest BCUT2D eigenvalue weighted by Gasteiger charge is -2.22. The number of hydrogen-bond acceptors (Lipinski definition) is 4. The van der Waals surface area contributed by atoms with Gasteiger partial charge in [0, 0.05) is 12.3 Å². The summed E-state index contributed by atoms with van der Waals surface area (Å²) in [7, 11) is 0. The third kappa shape index (κ3) is 3.81. The van der Waals surface area contributed by atoms with Crippen LogP contribution in [0.25, 0.3) is 0 Å². The molecule has 0 aliphatic heterocycles. The SMILES string of the molecule is CC(=O)C(=NOC1CCC(Cl)CC1)C(=O)O. The summed E-state index contributed by atoms with van der Waals surface area (Å²) in [6.07, 6.45) is 2.99. The number of halogens is 1. The average Bonchev–Trinajstić information content (AvgIpc) is 2.20. The Morgan fingerprint density at radius 1 is 1.31 bits per heavy atom. The van der Waals surface area contributed by atoms with Crippen LogP contribution in [0, 0.1) is 0 Å². The minimum absolute atomic E-state index is 0.135. The monoisotopic (exact) mass is 247 g/mol. The van der Waals surface area contributed by atoms with Gasteiger partial charge in [0.05, 0.1) is 0 Å². The molecular formula is C10H14ClNO4. The van der Waals surface area contributed by atoms with Crippen LogP contribution in [-0.4, -0.2) is 34.1 Å². The molecule has 5 nitrogen and oxygen atoms in total. The van der Waals surface area contributed by atoms with Gasteiger partial charge in [0.25, 0.3) is 0 Å². The van der Waals surface area contributed by atoms with E-state index in [9.17, 15) is 9.59 Å². The highest BCUT2D eigenvalue weighted by molar-refractivity contribution is 6.63. The second-order valence-electron chi connectivity index (χ2n) is 3.78. The Hall–Kier alpha value is -1.10. The van der Waals surface area contributed by atoms with Crippen LogP contribution in [0.5, 0.6) is 0 Å². The Morgan fingerprint density at radius 3 is 2.31 bits per heavy atom. The summed E-state index contributed by atoms with van der Waals surface area (Å²) in [5.41, 5.74) is -0.562. The fourth-order valence-corrected chi connectivity index (χ4v) is 1.76. The molecule has 0 spiro atoms. The van der Waals surface area contributed by atoms with E-state index in [1.54, 1.807) is 0 Å². The maximum atomic E-state index is 10.9. The van der Waals surface area contributed by atoms with Gasteiger partial charge >= 0.3 is 5.97 Å². The number of alkyl halides is 1. The number of Topliss-reactive ketones (excluding diaryl/α,β-unsaturated/α-hetero) is 1. The Labute approximate surface area is 98.4 Å². The number of oxime groups is 1. The zero-order valence-electron chi connectivity index (χ0n) is 8.98. The van der Waals surface area contributed by atoms with Crippen LogP contribution in [0.4, 0.5) is 0 Å². The van der Waals surface area contributed by atoms with Crippen molar-refractivity contribution in [3.05, 3.63) is 0 Å². The van der Waals surface area contributed by atoms with Gasteiger partial charge in [-0.3, -0.25) is 4.79 Å². The maximum Gasteiger partial charge on any atom is 0.361 e. The minimum atomic E-state index is -1.36. The van der Waals surface area contributed by atoms with Gasteiger partial charge < -0.3 is 9.94 Å². The van der Waals surface area contributed by atoms with Crippen molar-refractivity contribution in [3.8, 4) is 0 Å². The third-order valence-corrected chi connectivity index (χ3v) is 2.87. The lowest BCUT2D eigenvalue weighted by molar-refractivity contribution is -0.130. The Kier molecular flexibility index (Phi) is 4.73. The fourth-order valence-electron chi connectivity index (χ4n) is 1.51. The Balaban J connectivity index is 2.50. The summed E-state index contributed by atoms with van der Waals surface area (Å²) in [5.74, 6) is -1.97. The number of carboxylic acids is 1. The number of carbonyl (C=O) groups excluding carboxylic acids is 1. The molecule has 0 saturated heterocycles. The molecule has 0 aromatic heterocycles. The summed E-state index contributed by atoms with van der Waals surface area (Å²) in [4.78, 5) is 26.6. The van der Waals surface area contributed by atoms with Crippen LogP contribution >= 0.6 is 11.6 Å². The highest BCUT2D eigenvalue weighted by atomic mass is 35.5. The molecule has 0 radical (unpaired) electrons. The molecule has 6 heteroatoms. The molecule has 16 heavy (non-hydrogen) atoms. The fraction of sp³-hybridized carbons (Fsp3) is 0.700. The molecule has 1 saturated carbocycles. The van der Waals surface area contributed by atoms with Crippen LogP contribution in [0.3, 0.4) is 0 Å². The highest BCUT2D eigenvalue weighted by Gasteiger charge is 2.22. The molecule has 0 aromatic carbocycles. The quantitative estimate of drug-likeness (QED) is 0.354. The van der Waals surface area contributed by atoms with Crippen molar-refractivity contribution in [3.63, 3.8) is 0 Å². The molecule has 0 aromatic rings. The molecule has 1 aliphatic rings. The van der Waals surface area contributed by atoms with Gasteiger partial charge in [0.1, 0.15) is 6.10 Å². The second kappa shape index (κ2) is 5.84. The van der Waals surface area contributed by atoms with E-state index in [2.05, 4.69) is 5.16 Å². The van der Waals surface area contributed by atoms with Gasteiger partial charge in [-0.25, -0.2) is 4.79 Å². The van der Waals surface area contributed by atoms with E-state index in [-0.39, 0.29) is 11.5 Å². The summed E-state index contributed by atoms with van der Waals surface area (Å²) < 4.78 is 0. The molecular weight excluding hydrogens is 234 g/mol. The van der Waals surface area contributed by atoms with Crippen molar-refractivity contribution in [1.82, 2.24) is 0 Å². The third-order valence-electron chi connectivity index (χ3n) is 2.43. The summed E-state index contributed by atoms with van der Waals surface area (Å²) in [5, 5.41) is 12.2. The largest absolute Gasteiger partial charge is 0.476 e. The van der Waals surface area contributed by atoms with E-state index in [1.807, 2.05) is 0 Å². The highest BCUT2D eigenvalue weighted by Crippen LogP contribution is 2.24. The minimum Gasteiger partial charge on any atom is -0.476 e. The van der Waals surface area contributed by atoms with Gasteiger partial charge in [-0.05, 0) is 25.7 Å². The van der Waals surface area contributed by atoms with Crippen LogP contribution in [0.2, 0.25) is 0 Å². The first kappa shape index (κ1) is 13.0. The van der Waals surface area contributed by atoms with Crippen molar-refractivity contribution in [2.24, 2.45) is 5.16 Å². The van der Waals surface area contributed by atoms with Gasteiger partial charge in [-0.15, -0.1) is 11.6 Å².